The summed E-state index contributed by atoms with van der Waals surface area (Å²) in [4.78, 5) is 14.6. The standard InChI is InChI=1S/C45H29N3/c1-3-12-30(13-4-1)32-22-24-33(25-23-32)43-46-44(35-17-11-16-34(28-35)31-14-5-2-6-15-31)48-45(47-43)36-26-27-41-39-20-8-7-18-37(39)38-19-9-10-21-40(38)42(41)29-36/h1-29H/i1D,3D,4D,12D,13D,22D,23D,24D,25D. The summed E-state index contributed by atoms with van der Waals surface area (Å²) in [5.41, 5.74) is 2.10. The summed E-state index contributed by atoms with van der Waals surface area (Å²) < 4.78 is 77.8. The molecule has 0 aliphatic heterocycles. The molecule has 0 aliphatic rings. The molecule has 224 valence electrons. The molecule has 0 amide bonds. The summed E-state index contributed by atoms with van der Waals surface area (Å²) >= 11 is 0. The second-order valence-corrected chi connectivity index (χ2v) is 11.4. The van der Waals surface area contributed by atoms with Crippen molar-refractivity contribution in [3.05, 3.63) is 176 Å². The van der Waals surface area contributed by atoms with Crippen LogP contribution in [0.5, 0.6) is 0 Å². The SMILES string of the molecule is [2H]c1c([2H])c([2H])c(-c2c([2H])c([2H])c(-c3nc(-c4cccc(-c5ccccc5)c4)nc(-c4ccc5c6ccccc6c6ccccc6c5c4)n3)c([2H])c2[2H])c([2H])c1[2H]. The first-order valence-corrected chi connectivity index (χ1v) is 15.5. The van der Waals surface area contributed by atoms with Gasteiger partial charge in [-0.15, -0.1) is 0 Å². The Morgan fingerprint density at radius 2 is 0.750 bits per heavy atom. The van der Waals surface area contributed by atoms with E-state index < -0.39 is 65.5 Å². The average molecular weight is 621 g/mol. The highest BCUT2D eigenvalue weighted by molar-refractivity contribution is 6.25. The Morgan fingerprint density at radius 3 is 1.40 bits per heavy atom. The highest BCUT2D eigenvalue weighted by atomic mass is 15.0. The van der Waals surface area contributed by atoms with E-state index in [2.05, 4.69) is 24.3 Å². The first kappa shape index (κ1) is 19.9. The van der Waals surface area contributed by atoms with E-state index in [1.807, 2.05) is 97.1 Å². The van der Waals surface area contributed by atoms with Crippen molar-refractivity contribution in [1.29, 1.82) is 0 Å². The Bertz CT molecular complexity index is 3040. The molecule has 0 bridgehead atoms. The van der Waals surface area contributed by atoms with Gasteiger partial charge < -0.3 is 0 Å². The maximum Gasteiger partial charge on any atom is 0.164 e. The van der Waals surface area contributed by atoms with Gasteiger partial charge in [0.1, 0.15) is 0 Å². The van der Waals surface area contributed by atoms with Gasteiger partial charge in [-0.3, -0.25) is 0 Å². The third-order valence-electron chi connectivity index (χ3n) is 8.46. The number of fused-ring (bicyclic) bond motifs is 6. The number of hydrogen-bond acceptors (Lipinski definition) is 3. The van der Waals surface area contributed by atoms with E-state index in [1.165, 1.54) is 0 Å². The monoisotopic (exact) mass is 620 g/mol. The molecule has 48 heavy (non-hydrogen) atoms. The van der Waals surface area contributed by atoms with E-state index in [0.29, 0.717) is 11.1 Å². The largest absolute Gasteiger partial charge is 0.208 e. The Hall–Kier alpha value is -6.45. The lowest BCUT2D eigenvalue weighted by Crippen LogP contribution is -2.00. The molecule has 0 spiro atoms. The molecule has 0 saturated carbocycles. The molecule has 9 aromatic rings. The molecule has 9 rings (SSSR count). The Kier molecular flexibility index (Phi) is 4.87. The number of aromatic nitrogens is 3. The number of rotatable bonds is 5. The Balaban J connectivity index is 1.31. The minimum Gasteiger partial charge on any atom is -0.208 e. The van der Waals surface area contributed by atoms with Gasteiger partial charge in [0.25, 0.3) is 0 Å². The molecule has 0 atom stereocenters. The van der Waals surface area contributed by atoms with Crippen LogP contribution in [0.25, 0.3) is 88.7 Å². The van der Waals surface area contributed by atoms with Crippen molar-refractivity contribution in [2.75, 3.05) is 0 Å². The molecule has 3 heteroatoms. The molecule has 0 radical (unpaired) electrons. The molecule has 1 aromatic heterocycles. The topological polar surface area (TPSA) is 38.7 Å². The highest BCUT2D eigenvalue weighted by Gasteiger charge is 2.15. The van der Waals surface area contributed by atoms with Crippen LogP contribution in [0.1, 0.15) is 12.3 Å². The van der Waals surface area contributed by atoms with E-state index in [4.69, 9.17) is 24.5 Å². The molecule has 0 N–H and O–H groups in total. The number of nitrogens with zero attached hydrogens (tertiary/aromatic N) is 3. The zero-order chi connectivity index (χ0) is 39.7. The first-order valence-electron chi connectivity index (χ1n) is 20.0. The van der Waals surface area contributed by atoms with Crippen LogP contribution < -0.4 is 0 Å². The Labute approximate surface area is 291 Å². The van der Waals surface area contributed by atoms with Crippen LogP contribution in [-0.2, 0) is 0 Å². The molecular formula is C45H29N3. The maximum absolute atomic E-state index is 9.18. The highest BCUT2D eigenvalue weighted by Crippen LogP contribution is 2.37. The van der Waals surface area contributed by atoms with Crippen LogP contribution in [0.15, 0.2) is 176 Å². The fourth-order valence-corrected chi connectivity index (χ4v) is 6.19. The van der Waals surface area contributed by atoms with E-state index in [0.717, 1.165) is 43.4 Å². The van der Waals surface area contributed by atoms with Gasteiger partial charge in [0.2, 0.25) is 0 Å². The second kappa shape index (κ2) is 11.7. The summed E-state index contributed by atoms with van der Waals surface area (Å²) in [5, 5.41) is 6.38. The van der Waals surface area contributed by atoms with Crippen molar-refractivity contribution >= 4 is 32.3 Å². The fourth-order valence-electron chi connectivity index (χ4n) is 6.19. The molecule has 3 nitrogen and oxygen atoms in total. The molecule has 0 aliphatic carbocycles. The van der Waals surface area contributed by atoms with Gasteiger partial charge >= 0.3 is 0 Å². The van der Waals surface area contributed by atoms with E-state index in [1.54, 1.807) is 0 Å². The van der Waals surface area contributed by atoms with Crippen molar-refractivity contribution in [3.8, 4) is 56.4 Å². The van der Waals surface area contributed by atoms with Crippen LogP contribution >= 0.6 is 0 Å². The van der Waals surface area contributed by atoms with Gasteiger partial charge in [0.15, 0.2) is 17.5 Å². The van der Waals surface area contributed by atoms with Gasteiger partial charge in [-0.2, -0.15) is 0 Å². The second-order valence-electron chi connectivity index (χ2n) is 11.4. The average Bonchev–Trinajstić information content (AvgIpc) is 3.25. The lowest BCUT2D eigenvalue weighted by Gasteiger charge is -2.13. The summed E-state index contributed by atoms with van der Waals surface area (Å²) in [6.07, 6.45) is 0. The number of benzene rings is 8. The van der Waals surface area contributed by atoms with Crippen LogP contribution in [-0.4, -0.2) is 15.0 Å². The van der Waals surface area contributed by atoms with Crippen molar-refractivity contribution in [1.82, 2.24) is 15.0 Å². The smallest absolute Gasteiger partial charge is 0.164 e. The molecule has 8 aromatic carbocycles. The molecular weight excluding hydrogens is 583 g/mol. The van der Waals surface area contributed by atoms with Crippen molar-refractivity contribution in [2.45, 2.75) is 0 Å². The molecule has 0 unspecified atom stereocenters. The van der Waals surface area contributed by atoms with Gasteiger partial charge in [-0.25, -0.2) is 15.0 Å². The lowest BCUT2D eigenvalue weighted by atomic mass is 9.93. The minimum atomic E-state index is -0.646. The molecule has 0 fully saturated rings. The fraction of sp³-hybridized carbons (Fsp3) is 0. The Morgan fingerprint density at radius 1 is 0.292 bits per heavy atom. The van der Waals surface area contributed by atoms with E-state index >= 15 is 0 Å². The van der Waals surface area contributed by atoms with Gasteiger partial charge in [0.05, 0.1) is 12.3 Å². The summed E-state index contributed by atoms with van der Waals surface area (Å²) in [6, 6.07) is 34.4. The zero-order valence-corrected chi connectivity index (χ0v) is 25.4. The quantitative estimate of drug-likeness (QED) is 0.180. The van der Waals surface area contributed by atoms with Crippen LogP contribution in [0.2, 0.25) is 0 Å². The maximum atomic E-state index is 9.18. The zero-order valence-electron chi connectivity index (χ0n) is 34.4. The van der Waals surface area contributed by atoms with Gasteiger partial charge in [0, 0.05) is 16.7 Å². The predicted octanol–water partition coefficient (Wildman–Crippen LogP) is 11.7. The third kappa shape index (κ3) is 4.99. The van der Waals surface area contributed by atoms with Crippen molar-refractivity contribution < 1.29 is 12.3 Å². The van der Waals surface area contributed by atoms with Crippen molar-refractivity contribution in [2.24, 2.45) is 0 Å². The summed E-state index contributed by atoms with van der Waals surface area (Å²) in [5.74, 6) is 0.363. The third-order valence-corrected chi connectivity index (χ3v) is 8.46. The van der Waals surface area contributed by atoms with Gasteiger partial charge in [-0.1, -0.05) is 164 Å². The lowest BCUT2D eigenvalue weighted by molar-refractivity contribution is 1.07. The first-order chi connectivity index (χ1) is 27.5. The van der Waals surface area contributed by atoms with E-state index in [9.17, 15) is 2.74 Å². The van der Waals surface area contributed by atoms with Crippen LogP contribution in [0.4, 0.5) is 0 Å². The minimum absolute atomic E-state index is 0.117. The summed E-state index contributed by atoms with van der Waals surface area (Å²) in [7, 11) is 0. The predicted molar refractivity (Wildman–Crippen MR) is 200 cm³/mol. The van der Waals surface area contributed by atoms with Crippen molar-refractivity contribution in [3.63, 3.8) is 0 Å². The van der Waals surface area contributed by atoms with Gasteiger partial charge in [-0.05, 0) is 66.7 Å². The summed E-state index contributed by atoms with van der Waals surface area (Å²) in [6.45, 7) is 0. The molecule has 0 saturated heterocycles. The number of hydrogen-bond donors (Lipinski definition) is 0. The van der Waals surface area contributed by atoms with Crippen LogP contribution in [0.3, 0.4) is 0 Å². The molecule has 1 heterocycles. The van der Waals surface area contributed by atoms with E-state index in [-0.39, 0.29) is 23.0 Å². The normalized spacial score (nSPS) is 14.0. The van der Waals surface area contributed by atoms with Crippen LogP contribution in [0, 0.1) is 0 Å².